The second kappa shape index (κ2) is 5.72. The number of primary amides is 1. The van der Waals surface area contributed by atoms with Gasteiger partial charge in [0, 0.05) is 12.1 Å². The zero-order valence-corrected chi connectivity index (χ0v) is 13.4. The standard InChI is InChI=1S/C15H11Cl2FN4O/c1-22-6-20-14-11(22)5-8(15(19)23)13(12(14)18)21-10-3-2-7(16)4-9(10)17/h2-6,21H,1H3,(H2,19,23). The number of aromatic nitrogens is 2. The fraction of sp³-hybridized carbons (Fsp3) is 0.0667. The van der Waals surface area contributed by atoms with Gasteiger partial charge in [-0.25, -0.2) is 9.37 Å². The number of nitrogens with zero attached hydrogens (tertiary/aromatic N) is 2. The van der Waals surface area contributed by atoms with Crippen LogP contribution in [0.15, 0.2) is 30.6 Å². The van der Waals surface area contributed by atoms with E-state index in [0.717, 1.165) is 0 Å². The first-order chi connectivity index (χ1) is 10.9. The van der Waals surface area contributed by atoms with E-state index in [1.165, 1.54) is 18.5 Å². The highest BCUT2D eigenvalue weighted by molar-refractivity contribution is 6.36. The summed E-state index contributed by atoms with van der Waals surface area (Å²) in [4.78, 5) is 15.7. The van der Waals surface area contributed by atoms with Crippen LogP contribution in [0.25, 0.3) is 11.0 Å². The minimum absolute atomic E-state index is 0.00427. The van der Waals surface area contributed by atoms with E-state index in [1.807, 2.05) is 0 Å². The molecule has 5 nitrogen and oxygen atoms in total. The lowest BCUT2D eigenvalue weighted by molar-refractivity contribution is 0.100. The Morgan fingerprint density at radius 2 is 2.09 bits per heavy atom. The molecular formula is C15H11Cl2FN4O. The minimum atomic E-state index is -0.764. The second-order valence-corrected chi connectivity index (χ2v) is 5.79. The maximum atomic E-state index is 14.8. The summed E-state index contributed by atoms with van der Waals surface area (Å²) in [5.41, 5.74) is 6.30. The van der Waals surface area contributed by atoms with Crippen LogP contribution in [-0.2, 0) is 7.05 Å². The molecule has 0 aliphatic rings. The molecule has 3 N–H and O–H groups in total. The average molecular weight is 353 g/mol. The number of carbonyl (C=O) groups is 1. The van der Waals surface area contributed by atoms with Gasteiger partial charge in [0.2, 0.25) is 0 Å². The van der Waals surface area contributed by atoms with Crippen LogP contribution < -0.4 is 11.1 Å². The molecule has 1 aromatic heterocycles. The number of hydrogen-bond donors (Lipinski definition) is 2. The van der Waals surface area contributed by atoms with Crippen molar-refractivity contribution in [2.45, 2.75) is 0 Å². The number of imidazole rings is 1. The van der Waals surface area contributed by atoms with Gasteiger partial charge in [-0.15, -0.1) is 0 Å². The van der Waals surface area contributed by atoms with E-state index < -0.39 is 11.7 Å². The molecule has 0 saturated heterocycles. The number of amides is 1. The number of anilines is 2. The van der Waals surface area contributed by atoms with Crippen molar-refractivity contribution in [3.8, 4) is 0 Å². The Kier molecular flexibility index (Phi) is 3.87. The fourth-order valence-corrected chi connectivity index (χ4v) is 2.72. The molecule has 118 valence electrons. The lowest BCUT2D eigenvalue weighted by atomic mass is 10.1. The van der Waals surface area contributed by atoms with Crippen molar-refractivity contribution < 1.29 is 9.18 Å². The molecule has 1 amide bonds. The third kappa shape index (κ3) is 2.71. The first-order valence-electron chi connectivity index (χ1n) is 6.54. The van der Waals surface area contributed by atoms with Crippen molar-refractivity contribution in [3.63, 3.8) is 0 Å². The summed E-state index contributed by atoms with van der Waals surface area (Å²) < 4.78 is 16.4. The van der Waals surface area contributed by atoms with Crippen LogP contribution in [0.1, 0.15) is 10.4 Å². The van der Waals surface area contributed by atoms with Crippen molar-refractivity contribution in [2.75, 3.05) is 5.32 Å². The lowest BCUT2D eigenvalue weighted by Gasteiger charge is -2.13. The summed E-state index contributed by atoms with van der Waals surface area (Å²) in [7, 11) is 1.70. The lowest BCUT2D eigenvalue weighted by Crippen LogP contribution is -2.15. The molecule has 0 unspecified atom stereocenters. The molecule has 0 aliphatic heterocycles. The molecule has 0 saturated carbocycles. The predicted octanol–water partition coefficient (Wildman–Crippen LogP) is 3.86. The number of carbonyl (C=O) groups excluding carboxylic acids is 1. The van der Waals surface area contributed by atoms with Gasteiger partial charge in [0.25, 0.3) is 5.91 Å². The molecule has 0 radical (unpaired) electrons. The SMILES string of the molecule is Cn1cnc2c(F)c(Nc3ccc(Cl)cc3Cl)c(C(N)=O)cc21. The summed E-state index contributed by atoms with van der Waals surface area (Å²) in [6.45, 7) is 0. The Bertz CT molecular complexity index is 939. The third-order valence-electron chi connectivity index (χ3n) is 3.42. The molecule has 0 atom stereocenters. The quantitative estimate of drug-likeness (QED) is 0.751. The first-order valence-corrected chi connectivity index (χ1v) is 7.29. The largest absolute Gasteiger partial charge is 0.366 e. The monoisotopic (exact) mass is 352 g/mol. The van der Waals surface area contributed by atoms with Crippen LogP contribution in [-0.4, -0.2) is 15.5 Å². The number of aryl methyl sites for hydroxylation is 1. The molecule has 0 fully saturated rings. The van der Waals surface area contributed by atoms with Crippen molar-refractivity contribution in [1.82, 2.24) is 9.55 Å². The van der Waals surface area contributed by atoms with Gasteiger partial charge in [-0.1, -0.05) is 23.2 Å². The maximum Gasteiger partial charge on any atom is 0.251 e. The molecule has 0 aliphatic carbocycles. The van der Waals surface area contributed by atoms with E-state index in [-0.39, 0.29) is 21.8 Å². The van der Waals surface area contributed by atoms with Gasteiger partial charge in [-0.05, 0) is 24.3 Å². The van der Waals surface area contributed by atoms with Gasteiger partial charge in [-0.3, -0.25) is 4.79 Å². The topological polar surface area (TPSA) is 72.9 Å². The van der Waals surface area contributed by atoms with Crippen molar-refractivity contribution >= 4 is 51.5 Å². The minimum Gasteiger partial charge on any atom is -0.366 e. The molecule has 23 heavy (non-hydrogen) atoms. The molecule has 1 heterocycles. The summed E-state index contributed by atoms with van der Waals surface area (Å²) >= 11 is 11.9. The predicted molar refractivity (Wildman–Crippen MR) is 88.9 cm³/mol. The van der Waals surface area contributed by atoms with Crippen LogP contribution in [0.5, 0.6) is 0 Å². The molecule has 2 aromatic carbocycles. The van der Waals surface area contributed by atoms with Gasteiger partial charge in [0.05, 0.1) is 33.8 Å². The molecule has 3 rings (SSSR count). The van der Waals surface area contributed by atoms with Gasteiger partial charge in [0.15, 0.2) is 5.82 Å². The van der Waals surface area contributed by atoms with Crippen molar-refractivity contribution in [2.24, 2.45) is 12.8 Å². The summed E-state index contributed by atoms with van der Waals surface area (Å²) in [6, 6.07) is 6.17. The summed E-state index contributed by atoms with van der Waals surface area (Å²) in [6.07, 6.45) is 1.46. The Morgan fingerprint density at radius 1 is 1.35 bits per heavy atom. The van der Waals surface area contributed by atoms with E-state index in [1.54, 1.807) is 23.7 Å². The Labute approximate surface area is 140 Å². The molecule has 3 aromatic rings. The van der Waals surface area contributed by atoms with Crippen LogP contribution in [0.2, 0.25) is 10.0 Å². The van der Waals surface area contributed by atoms with Gasteiger partial charge < -0.3 is 15.6 Å². The summed E-state index contributed by atoms with van der Waals surface area (Å²) in [5.74, 6) is -1.44. The van der Waals surface area contributed by atoms with Crippen molar-refractivity contribution in [3.05, 3.63) is 52.0 Å². The van der Waals surface area contributed by atoms with E-state index in [2.05, 4.69) is 10.3 Å². The van der Waals surface area contributed by atoms with E-state index in [9.17, 15) is 9.18 Å². The van der Waals surface area contributed by atoms with E-state index in [0.29, 0.717) is 16.2 Å². The number of hydrogen-bond acceptors (Lipinski definition) is 3. The fourth-order valence-electron chi connectivity index (χ4n) is 2.27. The van der Waals surface area contributed by atoms with Crippen LogP contribution in [0.4, 0.5) is 15.8 Å². The Morgan fingerprint density at radius 3 is 2.74 bits per heavy atom. The van der Waals surface area contributed by atoms with Crippen molar-refractivity contribution in [1.29, 1.82) is 0 Å². The molecule has 8 heteroatoms. The van der Waals surface area contributed by atoms with Gasteiger partial charge in [-0.2, -0.15) is 0 Å². The third-order valence-corrected chi connectivity index (χ3v) is 3.96. The van der Waals surface area contributed by atoms with Crippen LogP contribution >= 0.6 is 23.2 Å². The number of halogens is 3. The highest BCUT2D eigenvalue weighted by atomic mass is 35.5. The van der Waals surface area contributed by atoms with Gasteiger partial charge in [0.1, 0.15) is 5.52 Å². The zero-order chi connectivity index (χ0) is 16.7. The van der Waals surface area contributed by atoms with Gasteiger partial charge >= 0.3 is 0 Å². The Balaban J connectivity index is 2.21. The number of benzene rings is 2. The van der Waals surface area contributed by atoms with E-state index in [4.69, 9.17) is 28.9 Å². The van der Waals surface area contributed by atoms with E-state index >= 15 is 0 Å². The average Bonchev–Trinajstić information content (AvgIpc) is 2.85. The zero-order valence-electron chi connectivity index (χ0n) is 11.9. The molecule has 0 bridgehead atoms. The number of nitrogens with two attached hydrogens (primary N) is 1. The molecular weight excluding hydrogens is 342 g/mol. The molecule has 0 spiro atoms. The first kappa shape index (κ1) is 15.6. The van der Waals surface area contributed by atoms with Crippen LogP contribution in [0, 0.1) is 5.82 Å². The highest BCUT2D eigenvalue weighted by Crippen LogP contribution is 2.33. The van der Waals surface area contributed by atoms with Crippen LogP contribution in [0.3, 0.4) is 0 Å². The number of rotatable bonds is 3. The summed E-state index contributed by atoms with van der Waals surface area (Å²) in [5, 5.41) is 3.53. The number of nitrogens with one attached hydrogen (secondary N) is 1. The second-order valence-electron chi connectivity index (χ2n) is 4.95. The number of fused-ring (bicyclic) bond motifs is 1. The Hall–Kier alpha value is -2.31. The smallest absolute Gasteiger partial charge is 0.251 e. The highest BCUT2D eigenvalue weighted by Gasteiger charge is 2.20. The maximum absolute atomic E-state index is 14.8. The normalized spacial score (nSPS) is 11.0.